The number of piperidine rings is 1. The summed E-state index contributed by atoms with van der Waals surface area (Å²) in [5.74, 6) is 5.38. The highest BCUT2D eigenvalue weighted by atomic mass is 15.1. The Morgan fingerprint density at radius 3 is 2.08 bits per heavy atom. The van der Waals surface area contributed by atoms with Gasteiger partial charge in [-0.3, -0.25) is 0 Å². The maximum Gasteiger partial charge on any atom is 0.000959 e. The van der Waals surface area contributed by atoms with Crippen LogP contribution in [0.5, 0.6) is 0 Å². The molecule has 0 aromatic carbocycles. The topological polar surface area (TPSA) is 3.24 Å². The average Bonchev–Trinajstić information content (AvgIpc) is 2.04. The summed E-state index contributed by atoms with van der Waals surface area (Å²) in [4.78, 5) is 2.57. The molecule has 1 saturated heterocycles. The average molecular weight is 179 g/mol. The lowest BCUT2D eigenvalue weighted by atomic mass is 9.54. The lowest BCUT2D eigenvalue weighted by molar-refractivity contribution is -0.0606. The van der Waals surface area contributed by atoms with Crippen molar-refractivity contribution in [1.29, 1.82) is 0 Å². The number of hydrogen-bond acceptors (Lipinski definition) is 1. The minimum absolute atomic E-state index is 1.04. The highest BCUT2D eigenvalue weighted by Gasteiger charge is 2.47. The number of rotatable bonds is 0. The van der Waals surface area contributed by atoms with Gasteiger partial charge in [0.1, 0.15) is 0 Å². The fourth-order valence-electron chi connectivity index (χ4n) is 4.37. The van der Waals surface area contributed by atoms with E-state index in [0.29, 0.717) is 0 Å². The minimum atomic E-state index is 1.04. The highest BCUT2D eigenvalue weighted by Crippen LogP contribution is 2.53. The van der Waals surface area contributed by atoms with E-state index in [0.717, 1.165) is 29.6 Å². The molecule has 0 aromatic heterocycles. The monoisotopic (exact) mass is 179 g/mol. The van der Waals surface area contributed by atoms with Gasteiger partial charge in [0.05, 0.1) is 0 Å². The Morgan fingerprint density at radius 1 is 0.923 bits per heavy atom. The second-order valence-electron chi connectivity index (χ2n) is 5.85. The van der Waals surface area contributed by atoms with E-state index in [1.807, 2.05) is 0 Å². The van der Waals surface area contributed by atoms with Crippen LogP contribution in [0.2, 0.25) is 0 Å². The fourth-order valence-corrected chi connectivity index (χ4v) is 4.37. The van der Waals surface area contributed by atoms with Gasteiger partial charge in [-0.15, -0.1) is 0 Å². The van der Waals surface area contributed by atoms with Gasteiger partial charge in [0.2, 0.25) is 0 Å². The van der Waals surface area contributed by atoms with Gasteiger partial charge in [-0.1, -0.05) is 6.92 Å². The van der Waals surface area contributed by atoms with Gasteiger partial charge in [0.25, 0.3) is 0 Å². The van der Waals surface area contributed by atoms with Gasteiger partial charge in [-0.25, -0.2) is 0 Å². The van der Waals surface area contributed by atoms with Crippen molar-refractivity contribution >= 4 is 0 Å². The predicted molar refractivity (Wildman–Crippen MR) is 54.5 cm³/mol. The van der Waals surface area contributed by atoms with Crippen LogP contribution in [0.15, 0.2) is 0 Å². The lowest BCUT2D eigenvalue weighted by Gasteiger charge is -2.55. The van der Waals surface area contributed by atoms with Crippen molar-refractivity contribution in [3.05, 3.63) is 0 Å². The van der Waals surface area contributed by atoms with Crippen LogP contribution in [0.1, 0.15) is 26.2 Å². The van der Waals surface area contributed by atoms with Gasteiger partial charge < -0.3 is 4.90 Å². The highest BCUT2D eigenvalue weighted by molar-refractivity contribution is 4.98. The largest absolute Gasteiger partial charge is 0.306 e. The van der Waals surface area contributed by atoms with Crippen molar-refractivity contribution in [3.63, 3.8) is 0 Å². The quantitative estimate of drug-likeness (QED) is 0.551. The summed E-state index contributed by atoms with van der Waals surface area (Å²) in [6.45, 7) is 5.27. The van der Waals surface area contributed by atoms with E-state index in [4.69, 9.17) is 0 Å². The molecule has 0 spiro atoms. The molecule has 3 saturated carbocycles. The van der Waals surface area contributed by atoms with Gasteiger partial charge in [0, 0.05) is 13.1 Å². The maximum atomic E-state index is 2.57. The summed E-state index contributed by atoms with van der Waals surface area (Å²) in [5.41, 5.74) is 0. The van der Waals surface area contributed by atoms with Crippen molar-refractivity contribution in [3.8, 4) is 0 Å². The Hall–Kier alpha value is -0.0400. The zero-order valence-electron chi connectivity index (χ0n) is 8.87. The Bertz CT molecular complexity index is 197. The summed E-state index contributed by atoms with van der Waals surface area (Å²) in [6, 6.07) is 0. The first kappa shape index (κ1) is 8.28. The van der Waals surface area contributed by atoms with Gasteiger partial charge in [0.15, 0.2) is 0 Å². The predicted octanol–water partition coefficient (Wildman–Crippen LogP) is 2.23. The normalized spacial score (nSPS) is 55.4. The molecular weight excluding hydrogens is 158 g/mol. The molecule has 3 aliphatic carbocycles. The number of likely N-dealkylation sites (tertiary alicyclic amines) is 1. The molecule has 0 N–H and O–H groups in total. The molecule has 4 fully saturated rings. The number of hydrogen-bond donors (Lipinski definition) is 0. The standard InChI is InChI=1S/C12H21N/c1-8-3-12-10-4-9(8)5-11(12)7-13(2)6-10/h8-12H,3-7H2,1-2H3. The van der Waals surface area contributed by atoms with Crippen molar-refractivity contribution in [1.82, 2.24) is 4.90 Å². The maximum absolute atomic E-state index is 2.57. The van der Waals surface area contributed by atoms with Crippen LogP contribution in [0.3, 0.4) is 0 Å². The molecule has 4 aliphatic rings. The first-order chi connectivity index (χ1) is 6.24. The Morgan fingerprint density at radius 2 is 1.54 bits per heavy atom. The van der Waals surface area contributed by atoms with E-state index in [9.17, 15) is 0 Å². The van der Waals surface area contributed by atoms with Crippen molar-refractivity contribution in [2.24, 2.45) is 29.6 Å². The fraction of sp³-hybridized carbons (Fsp3) is 1.00. The van der Waals surface area contributed by atoms with Crippen LogP contribution >= 0.6 is 0 Å². The summed E-state index contributed by atoms with van der Waals surface area (Å²) in [5, 5.41) is 0. The van der Waals surface area contributed by atoms with Crippen LogP contribution in [-0.4, -0.2) is 25.0 Å². The molecule has 0 aromatic rings. The minimum Gasteiger partial charge on any atom is -0.306 e. The van der Waals surface area contributed by atoms with E-state index in [-0.39, 0.29) is 0 Å². The van der Waals surface area contributed by atoms with E-state index >= 15 is 0 Å². The molecule has 4 bridgehead atoms. The molecule has 1 heteroatoms. The molecule has 1 heterocycles. The van der Waals surface area contributed by atoms with Gasteiger partial charge in [-0.2, -0.15) is 0 Å². The third kappa shape index (κ3) is 1.16. The van der Waals surface area contributed by atoms with Crippen LogP contribution in [0, 0.1) is 29.6 Å². The van der Waals surface area contributed by atoms with E-state index in [1.165, 1.54) is 13.1 Å². The molecule has 1 nitrogen and oxygen atoms in total. The van der Waals surface area contributed by atoms with Gasteiger partial charge in [-0.05, 0) is 55.9 Å². The van der Waals surface area contributed by atoms with Crippen LogP contribution in [0.4, 0.5) is 0 Å². The number of nitrogens with zero attached hydrogens (tertiary/aromatic N) is 1. The molecule has 0 amide bonds. The van der Waals surface area contributed by atoms with Crippen molar-refractivity contribution < 1.29 is 0 Å². The molecule has 0 radical (unpaired) electrons. The zero-order valence-corrected chi connectivity index (χ0v) is 8.87. The van der Waals surface area contributed by atoms with Crippen LogP contribution in [-0.2, 0) is 0 Å². The molecule has 1 aliphatic heterocycles. The summed E-state index contributed by atoms with van der Waals surface area (Å²) in [6.07, 6.45) is 4.65. The Kier molecular flexibility index (Phi) is 1.74. The Balaban J connectivity index is 1.84. The molecule has 3 atom stereocenters. The first-order valence-electron chi connectivity index (χ1n) is 5.92. The molecule has 74 valence electrons. The second kappa shape index (κ2) is 2.73. The van der Waals surface area contributed by atoms with Crippen LogP contribution < -0.4 is 0 Å². The summed E-state index contributed by atoms with van der Waals surface area (Å²) < 4.78 is 0. The summed E-state index contributed by atoms with van der Waals surface area (Å²) >= 11 is 0. The molecular formula is C12H21N. The smallest absolute Gasteiger partial charge is 0.000959 e. The molecule has 3 unspecified atom stereocenters. The molecule has 4 rings (SSSR count). The van der Waals surface area contributed by atoms with Crippen molar-refractivity contribution in [2.45, 2.75) is 26.2 Å². The van der Waals surface area contributed by atoms with E-state index < -0.39 is 0 Å². The van der Waals surface area contributed by atoms with E-state index in [2.05, 4.69) is 18.9 Å². The van der Waals surface area contributed by atoms with E-state index in [1.54, 1.807) is 19.3 Å². The van der Waals surface area contributed by atoms with Gasteiger partial charge >= 0.3 is 0 Å². The Labute approximate surface area is 81.5 Å². The third-order valence-electron chi connectivity index (χ3n) is 4.96. The second-order valence-corrected chi connectivity index (χ2v) is 5.85. The third-order valence-corrected chi connectivity index (χ3v) is 4.96. The zero-order chi connectivity index (χ0) is 9.00. The van der Waals surface area contributed by atoms with Crippen molar-refractivity contribution in [2.75, 3.05) is 20.1 Å². The SMILES string of the molecule is CC1CC2C3CC1CC2CN(C)C3. The number of fused-ring (bicyclic) bond motifs is 1. The molecule has 13 heavy (non-hydrogen) atoms. The summed E-state index contributed by atoms with van der Waals surface area (Å²) in [7, 11) is 2.31. The lowest BCUT2D eigenvalue weighted by Crippen LogP contribution is -2.53. The van der Waals surface area contributed by atoms with Crippen LogP contribution in [0.25, 0.3) is 0 Å². The first-order valence-corrected chi connectivity index (χ1v) is 5.92.